The van der Waals surface area contributed by atoms with Crippen LogP contribution in [-0.4, -0.2) is 17.6 Å². The van der Waals surface area contributed by atoms with Gasteiger partial charge in [0.1, 0.15) is 0 Å². The van der Waals surface area contributed by atoms with Crippen LogP contribution in [0.1, 0.15) is 77.6 Å². The lowest BCUT2D eigenvalue weighted by Gasteiger charge is -2.02. The highest BCUT2D eigenvalue weighted by Gasteiger charge is 1.97. The van der Waals surface area contributed by atoms with Crippen molar-refractivity contribution >= 4 is 5.97 Å². The van der Waals surface area contributed by atoms with Gasteiger partial charge in [0.25, 0.3) is 0 Å². The Morgan fingerprint density at radius 2 is 1.32 bits per heavy atom. The van der Waals surface area contributed by atoms with Gasteiger partial charge in [-0.1, -0.05) is 57.4 Å². The Morgan fingerprint density at radius 3 is 1.74 bits per heavy atom. The molecule has 112 valence electrons. The van der Waals surface area contributed by atoms with Crippen LogP contribution in [0.4, 0.5) is 0 Å². The molecule has 0 rings (SSSR count). The Morgan fingerprint density at radius 1 is 0.895 bits per heavy atom. The zero-order valence-electron chi connectivity index (χ0n) is 12.5. The average Bonchev–Trinajstić information content (AvgIpc) is 2.39. The van der Waals surface area contributed by atoms with Gasteiger partial charge in [-0.25, -0.2) is 4.79 Å². The summed E-state index contributed by atoms with van der Waals surface area (Å²) in [7, 11) is 0. The van der Waals surface area contributed by atoms with Crippen molar-refractivity contribution in [2.75, 3.05) is 6.54 Å². The minimum Gasteiger partial charge on any atom is -0.478 e. The average molecular weight is 269 g/mol. The van der Waals surface area contributed by atoms with E-state index < -0.39 is 5.97 Å². The molecule has 0 aromatic carbocycles. The molecule has 0 heterocycles. The van der Waals surface area contributed by atoms with Crippen molar-refractivity contribution in [2.45, 2.75) is 77.6 Å². The van der Waals surface area contributed by atoms with E-state index in [9.17, 15) is 4.79 Å². The van der Waals surface area contributed by atoms with Crippen molar-refractivity contribution in [3.05, 3.63) is 11.6 Å². The zero-order chi connectivity index (χ0) is 14.3. The Labute approximate surface area is 118 Å². The number of aliphatic carboxylic acids is 1. The molecule has 0 radical (unpaired) electrons. The van der Waals surface area contributed by atoms with Gasteiger partial charge in [0.15, 0.2) is 0 Å². The summed E-state index contributed by atoms with van der Waals surface area (Å²) in [5.41, 5.74) is 5.92. The molecular formula is C16H31NO2. The van der Waals surface area contributed by atoms with Crippen LogP contribution in [0.5, 0.6) is 0 Å². The second kappa shape index (κ2) is 13.6. The number of hydrogen-bond acceptors (Lipinski definition) is 2. The zero-order valence-corrected chi connectivity index (χ0v) is 12.5. The Kier molecular flexibility index (Phi) is 13.0. The molecule has 3 heteroatoms. The van der Waals surface area contributed by atoms with E-state index in [2.05, 4.69) is 0 Å². The molecule has 3 nitrogen and oxygen atoms in total. The molecule has 0 fully saturated rings. The van der Waals surface area contributed by atoms with Gasteiger partial charge in [-0.15, -0.1) is 0 Å². The maximum absolute atomic E-state index is 10.6. The van der Waals surface area contributed by atoms with Crippen LogP contribution in [0, 0.1) is 0 Å². The highest BCUT2D eigenvalue weighted by Crippen LogP contribution is 2.11. The predicted octanol–water partition coefficient (Wildman–Crippen LogP) is 4.27. The lowest BCUT2D eigenvalue weighted by Crippen LogP contribution is -1.97. The summed E-state index contributed by atoms with van der Waals surface area (Å²) in [4.78, 5) is 10.6. The van der Waals surface area contributed by atoms with Gasteiger partial charge in [0, 0.05) is 5.57 Å². The highest BCUT2D eigenvalue weighted by molar-refractivity contribution is 5.85. The number of carboxylic acids is 1. The van der Waals surface area contributed by atoms with E-state index in [0.717, 1.165) is 19.4 Å². The fourth-order valence-electron chi connectivity index (χ4n) is 2.11. The molecule has 0 bridgehead atoms. The smallest absolute Gasteiger partial charge is 0.330 e. The van der Waals surface area contributed by atoms with E-state index in [1.54, 1.807) is 6.92 Å². The fourth-order valence-corrected chi connectivity index (χ4v) is 2.11. The predicted molar refractivity (Wildman–Crippen MR) is 81.2 cm³/mol. The van der Waals surface area contributed by atoms with Crippen LogP contribution in [0.15, 0.2) is 11.6 Å². The lowest BCUT2D eigenvalue weighted by molar-refractivity contribution is -0.132. The molecule has 19 heavy (non-hydrogen) atoms. The first kappa shape index (κ1) is 18.2. The van der Waals surface area contributed by atoms with E-state index >= 15 is 0 Å². The third kappa shape index (κ3) is 13.4. The summed E-state index contributed by atoms with van der Waals surface area (Å²) >= 11 is 0. The number of carbonyl (C=O) groups is 1. The van der Waals surface area contributed by atoms with Crippen molar-refractivity contribution in [1.29, 1.82) is 0 Å². The number of rotatable bonds is 13. The summed E-state index contributed by atoms with van der Waals surface area (Å²) in [6.45, 7) is 2.49. The quantitative estimate of drug-likeness (QED) is 0.388. The Bertz CT molecular complexity index is 249. The van der Waals surface area contributed by atoms with Crippen molar-refractivity contribution in [3.8, 4) is 0 Å². The first-order valence-electron chi connectivity index (χ1n) is 7.78. The van der Waals surface area contributed by atoms with Gasteiger partial charge in [-0.3, -0.25) is 0 Å². The molecule has 0 atom stereocenters. The molecule has 0 aliphatic heterocycles. The van der Waals surface area contributed by atoms with E-state index in [1.165, 1.54) is 57.8 Å². The van der Waals surface area contributed by atoms with Crippen LogP contribution < -0.4 is 5.73 Å². The van der Waals surface area contributed by atoms with Crippen molar-refractivity contribution in [2.24, 2.45) is 5.73 Å². The summed E-state index contributed by atoms with van der Waals surface area (Å²) in [6.07, 6.45) is 15.5. The summed E-state index contributed by atoms with van der Waals surface area (Å²) in [5, 5.41) is 8.68. The minimum absolute atomic E-state index is 0.470. The molecule has 0 aliphatic rings. The van der Waals surface area contributed by atoms with Crippen molar-refractivity contribution in [1.82, 2.24) is 0 Å². The summed E-state index contributed by atoms with van der Waals surface area (Å²) < 4.78 is 0. The van der Waals surface area contributed by atoms with Crippen LogP contribution in [0.25, 0.3) is 0 Å². The first-order chi connectivity index (χ1) is 9.18. The lowest BCUT2D eigenvalue weighted by atomic mass is 10.1. The second-order valence-electron chi connectivity index (χ2n) is 5.31. The monoisotopic (exact) mass is 269 g/mol. The van der Waals surface area contributed by atoms with E-state index in [0.29, 0.717) is 5.57 Å². The van der Waals surface area contributed by atoms with E-state index in [-0.39, 0.29) is 0 Å². The number of nitrogens with two attached hydrogens (primary N) is 1. The van der Waals surface area contributed by atoms with Gasteiger partial charge < -0.3 is 10.8 Å². The largest absolute Gasteiger partial charge is 0.478 e. The normalized spacial score (nSPS) is 11.8. The second-order valence-corrected chi connectivity index (χ2v) is 5.31. The summed E-state index contributed by atoms with van der Waals surface area (Å²) in [5.74, 6) is -0.797. The van der Waals surface area contributed by atoms with Crippen molar-refractivity contribution in [3.63, 3.8) is 0 Å². The van der Waals surface area contributed by atoms with E-state index in [4.69, 9.17) is 10.8 Å². The number of allylic oxidation sites excluding steroid dienone is 1. The Balaban J connectivity index is 3.15. The standard InChI is InChI=1S/C16H31NO2/c1-15(16(18)19)13-11-9-7-5-3-2-4-6-8-10-12-14-17/h13H,2-12,14,17H2,1H3,(H,18,19). The number of hydrogen-bond donors (Lipinski definition) is 2. The molecule has 0 saturated carbocycles. The van der Waals surface area contributed by atoms with Crippen LogP contribution in [0.3, 0.4) is 0 Å². The molecule has 0 aromatic rings. The molecule has 0 aromatic heterocycles. The topological polar surface area (TPSA) is 63.3 Å². The van der Waals surface area contributed by atoms with Gasteiger partial charge in [0.05, 0.1) is 0 Å². The molecule has 0 amide bonds. The van der Waals surface area contributed by atoms with Crippen molar-refractivity contribution < 1.29 is 9.90 Å². The van der Waals surface area contributed by atoms with Crippen LogP contribution in [-0.2, 0) is 4.79 Å². The highest BCUT2D eigenvalue weighted by atomic mass is 16.4. The van der Waals surface area contributed by atoms with Gasteiger partial charge in [0.2, 0.25) is 0 Å². The first-order valence-corrected chi connectivity index (χ1v) is 7.78. The minimum atomic E-state index is -0.797. The van der Waals surface area contributed by atoms with Crippen LogP contribution in [0.2, 0.25) is 0 Å². The third-order valence-corrected chi connectivity index (χ3v) is 3.45. The van der Waals surface area contributed by atoms with Gasteiger partial charge in [-0.05, 0) is 32.7 Å². The van der Waals surface area contributed by atoms with E-state index in [1.807, 2.05) is 6.08 Å². The third-order valence-electron chi connectivity index (χ3n) is 3.45. The molecule has 0 aliphatic carbocycles. The molecule has 0 spiro atoms. The summed E-state index contributed by atoms with van der Waals surface area (Å²) in [6, 6.07) is 0. The van der Waals surface area contributed by atoms with Gasteiger partial charge in [-0.2, -0.15) is 0 Å². The molecular weight excluding hydrogens is 238 g/mol. The SMILES string of the molecule is CC(=CCCCCCCCCCCCCN)C(=O)O. The molecule has 0 unspecified atom stereocenters. The molecule has 3 N–H and O–H groups in total. The maximum atomic E-state index is 10.6. The fraction of sp³-hybridized carbons (Fsp3) is 0.812. The van der Waals surface area contributed by atoms with Crippen LogP contribution >= 0.6 is 0 Å². The Hall–Kier alpha value is -0.830. The van der Waals surface area contributed by atoms with Gasteiger partial charge >= 0.3 is 5.97 Å². The maximum Gasteiger partial charge on any atom is 0.330 e. The number of carboxylic acid groups (broad SMARTS) is 1. The molecule has 0 saturated heterocycles. The number of unbranched alkanes of at least 4 members (excludes halogenated alkanes) is 10.